The van der Waals surface area contributed by atoms with Gasteiger partial charge in [-0.2, -0.15) is 0 Å². The lowest BCUT2D eigenvalue weighted by Gasteiger charge is -2.31. The van der Waals surface area contributed by atoms with E-state index in [0.717, 1.165) is 35.5 Å². The average Bonchev–Trinajstić information content (AvgIpc) is 3.48. The fraction of sp³-hybridized carbons (Fsp3) is 0.409. The van der Waals surface area contributed by atoms with Crippen LogP contribution in [0, 0.1) is 0 Å². The molecule has 2 aromatic rings. The van der Waals surface area contributed by atoms with Crippen LogP contribution in [0.2, 0.25) is 0 Å². The number of rotatable bonds is 5. The lowest BCUT2D eigenvalue weighted by Crippen LogP contribution is -2.43. The van der Waals surface area contributed by atoms with Crippen molar-refractivity contribution in [3.05, 3.63) is 59.7 Å². The molecule has 0 radical (unpaired) electrons. The van der Waals surface area contributed by atoms with E-state index in [1.807, 2.05) is 41.3 Å². The molecule has 1 amide bonds. The Morgan fingerprint density at radius 2 is 1.73 bits per heavy atom. The van der Waals surface area contributed by atoms with Crippen LogP contribution in [0.4, 0.5) is 0 Å². The van der Waals surface area contributed by atoms with Gasteiger partial charge in [-0.05, 0) is 49.9 Å². The number of carbonyl (C=O) groups is 1. The first-order valence-corrected chi connectivity index (χ1v) is 9.35. The monoisotopic (exact) mass is 351 g/mol. The van der Waals surface area contributed by atoms with Crippen LogP contribution < -0.4 is 9.47 Å². The second kappa shape index (κ2) is 6.67. The van der Waals surface area contributed by atoms with E-state index < -0.39 is 5.41 Å². The quantitative estimate of drug-likeness (QED) is 0.819. The topological polar surface area (TPSA) is 38.8 Å². The minimum atomic E-state index is -0.408. The summed E-state index contributed by atoms with van der Waals surface area (Å²) in [5, 5.41) is 0. The third kappa shape index (κ3) is 3.05. The highest BCUT2D eigenvalue weighted by molar-refractivity contribution is 5.91. The fourth-order valence-corrected chi connectivity index (χ4v) is 3.64. The van der Waals surface area contributed by atoms with Gasteiger partial charge in [-0.1, -0.05) is 36.4 Å². The predicted octanol–water partition coefficient (Wildman–Crippen LogP) is 3.93. The molecule has 1 fully saturated rings. The van der Waals surface area contributed by atoms with Crippen molar-refractivity contribution in [1.29, 1.82) is 0 Å². The normalized spacial score (nSPS) is 17.0. The summed E-state index contributed by atoms with van der Waals surface area (Å²) < 4.78 is 11.3. The molecule has 1 heterocycles. The van der Waals surface area contributed by atoms with E-state index in [1.54, 1.807) is 0 Å². The Kier molecular flexibility index (Phi) is 4.35. The number of hydrogen-bond donors (Lipinski definition) is 0. The van der Waals surface area contributed by atoms with Crippen LogP contribution in [-0.4, -0.2) is 30.1 Å². The third-order valence-corrected chi connectivity index (χ3v) is 5.33. The highest BCUT2D eigenvalue weighted by Gasteiger charge is 2.53. The van der Waals surface area contributed by atoms with Crippen molar-refractivity contribution in [3.8, 4) is 11.5 Å². The number of nitrogens with zero attached hydrogens (tertiary/aromatic N) is 1. The second-order valence-corrected chi connectivity index (χ2v) is 7.45. The summed E-state index contributed by atoms with van der Waals surface area (Å²) in [6.07, 6.45) is 1.78. The van der Waals surface area contributed by atoms with E-state index in [4.69, 9.17) is 9.47 Å². The molecule has 136 valence electrons. The standard InChI is InChI=1S/C22H25NO3/c1-16(2)23(15-17-6-4-3-5-7-17)21(24)22(10-11-22)18-8-9-19-20(14-18)26-13-12-25-19/h3-9,14,16H,10-13,15H2,1-2H3. The second-order valence-electron chi connectivity index (χ2n) is 7.45. The Morgan fingerprint density at radius 1 is 1.04 bits per heavy atom. The van der Waals surface area contributed by atoms with Crippen molar-refractivity contribution in [1.82, 2.24) is 4.90 Å². The average molecular weight is 351 g/mol. The molecule has 0 bridgehead atoms. The van der Waals surface area contributed by atoms with Crippen LogP contribution in [0.15, 0.2) is 48.5 Å². The Labute approximate surface area is 154 Å². The summed E-state index contributed by atoms with van der Waals surface area (Å²) in [4.78, 5) is 15.5. The van der Waals surface area contributed by atoms with Crippen LogP contribution in [0.5, 0.6) is 11.5 Å². The summed E-state index contributed by atoms with van der Waals surface area (Å²) in [6, 6.07) is 16.3. The summed E-state index contributed by atoms with van der Waals surface area (Å²) in [5.74, 6) is 1.74. The molecule has 0 N–H and O–H groups in total. The minimum absolute atomic E-state index is 0.150. The molecule has 0 saturated heterocycles. The predicted molar refractivity (Wildman–Crippen MR) is 100 cm³/mol. The Morgan fingerprint density at radius 3 is 2.38 bits per heavy atom. The molecule has 0 atom stereocenters. The molecule has 2 aromatic carbocycles. The van der Waals surface area contributed by atoms with Crippen LogP contribution in [0.3, 0.4) is 0 Å². The summed E-state index contributed by atoms with van der Waals surface area (Å²) >= 11 is 0. The molecule has 26 heavy (non-hydrogen) atoms. The van der Waals surface area contributed by atoms with Gasteiger partial charge in [0.25, 0.3) is 0 Å². The van der Waals surface area contributed by atoms with Crippen molar-refractivity contribution in [2.75, 3.05) is 13.2 Å². The summed E-state index contributed by atoms with van der Waals surface area (Å²) in [6.45, 7) is 5.95. The summed E-state index contributed by atoms with van der Waals surface area (Å²) in [7, 11) is 0. The number of fused-ring (bicyclic) bond motifs is 1. The largest absolute Gasteiger partial charge is 0.486 e. The number of ether oxygens (including phenoxy) is 2. The Bertz CT molecular complexity index is 796. The van der Waals surface area contributed by atoms with Gasteiger partial charge in [0.05, 0.1) is 5.41 Å². The summed E-state index contributed by atoms with van der Waals surface area (Å²) in [5.41, 5.74) is 1.80. The van der Waals surface area contributed by atoms with Gasteiger partial charge in [0.1, 0.15) is 13.2 Å². The van der Waals surface area contributed by atoms with Gasteiger partial charge >= 0.3 is 0 Å². The highest BCUT2D eigenvalue weighted by atomic mass is 16.6. The van der Waals surface area contributed by atoms with Gasteiger partial charge in [0.15, 0.2) is 11.5 Å². The molecular weight excluding hydrogens is 326 g/mol. The lowest BCUT2D eigenvalue weighted by atomic mass is 9.93. The fourth-order valence-electron chi connectivity index (χ4n) is 3.64. The van der Waals surface area contributed by atoms with Gasteiger partial charge in [-0.25, -0.2) is 0 Å². The number of amides is 1. The molecule has 1 aliphatic carbocycles. The molecule has 0 spiro atoms. The molecule has 4 heteroatoms. The van der Waals surface area contributed by atoms with Crippen molar-refractivity contribution in [3.63, 3.8) is 0 Å². The third-order valence-electron chi connectivity index (χ3n) is 5.33. The smallest absolute Gasteiger partial charge is 0.233 e. The van der Waals surface area contributed by atoms with E-state index >= 15 is 0 Å². The van der Waals surface area contributed by atoms with Crippen LogP contribution in [0.1, 0.15) is 37.8 Å². The number of carbonyl (C=O) groups excluding carboxylic acids is 1. The van der Waals surface area contributed by atoms with Crippen LogP contribution in [-0.2, 0) is 16.8 Å². The van der Waals surface area contributed by atoms with E-state index in [1.165, 1.54) is 0 Å². The number of benzene rings is 2. The van der Waals surface area contributed by atoms with Gasteiger partial charge < -0.3 is 14.4 Å². The maximum atomic E-state index is 13.5. The zero-order valence-electron chi connectivity index (χ0n) is 15.4. The van der Waals surface area contributed by atoms with Crippen molar-refractivity contribution in [2.45, 2.75) is 44.7 Å². The van der Waals surface area contributed by atoms with Crippen LogP contribution in [0.25, 0.3) is 0 Å². The van der Waals surface area contributed by atoms with E-state index in [2.05, 4.69) is 26.0 Å². The van der Waals surface area contributed by atoms with E-state index in [0.29, 0.717) is 19.8 Å². The first kappa shape index (κ1) is 17.0. The van der Waals surface area contributed by atoms with Crippen molar-refractivity contribution >= 4 is 5.91 Å². The molecule has 0 aromatic heterocycles. The van der Waals surface area contributed by atoms with Gasteiger partial charge in [-0.15, -0.1) is 0 Å². The molecular formula is C22H25NO3. The molecule has 4 rings (SSSR count). The first-order chi connectivity index (χ1) is 12.6. The van der Waals surface area contributed by atoms with E-state index in [-0.39, 0.29) is 11.9 Å². The van der Waals surface area contributed by atoms with Crippen molar-refractivity contribution < 1.29 is 14.3 Å². The SMILES string of the molecule is CC(C)N(Cc1ccccc1)C(=O)C1(c2ccc3c(c2)OCCO3)CC1. The van der Waals surface area contributed by atoms with Gasteiger partial charge in [-0.3, -0.25) is 4.79 Å². The minimum Gasteiger partial charge on any atom is -0.486 e. The molecule has 4 nitrogen and oxygen atoms in total. The zero-order valence-corrected chi connectivity index (χ0v) is 15.4. The van der Waals surface area contributed by atoms with Gasteiger partial charge in [0.2, 0.25) is 5.91 Å². The van der Waals surface area contributed by atoms with E-state index in [9.17, 15) is 4.79 Å². The first-order valence-electron chi connectivity index (χ1n) is 9.35. The maximum absolute atomic E-state index is 13.5. The Balaban J connectivity index is 1.61. The molecule has 0 unspecified atom stereocenters. The maximum Gasteiger partial charge on any atom is 0.233 e. The Hall–Kier alpha value is -2.49. The highest BCUT2D eigenvalue weighted by Crippen LogP contribution is 2.51. The zero-order chi connectivity index (χ0) is 18.1. The van der Waals surface area contributed by atoms with Crippen molar-refractivity contribution in [2.24, 2.45) is 0 Å². The van der Waals surface area contributed by atoms with Gasteiger partial charge in [0, 0.05) is 12.6 Å². The molecule has 2 aliphatic rings. The molecule has 1 aliphatic heterocycles. The lowest BCUT2D eigenvalue weighted by molar-refractivity contribution is -0.136. The van der Waals surface area contributed by atoms with Crippen LogP contribution >= 0.6 is 0 Å². The molecule has 1 saturated carbocycles. The number of hydrogen-bond acceptors (Lipinski definition) is 3.